The van der Waals surface area contributed by atoms with E-state index in [1.165, 1.54) is 24.3 Å². The number of nitrogens with zero attached hydrogens (tertiary/aromatic N) is 1. The van der Waals surface area contributed by atoms with Gasteiger partial charge in [-0.15, -0.1) is 0 Å². The second kappa shape index (κ2) is 7.21. The van der Waals surface area contributed by atoms with Gasteiger partial charge in [0, 0.05) is 12.6 Å². The van der Waals surface area contributed by atoms with E-state index in [4.69, 9.17) is 0 Å². The smallest absolute Gasteiger partial charge is 0.257 e. The number of hydrogen-bond donors (Lipinski definition) is 2. The summed E-state index contributed by atoms with van der Waals surface area (Å²) in [7, 11) is 1.70. The highest BCUT2D eigenvalue weighted by Gasteiger charge is 2.09. The Bertz CT molecular complexity index is 644. The molecule has 114 valence electrons. The number of amides is 2. The maximum absolute atomic E-state index is 12.8. The first-order valence-electron chi connectivity index (χ1n) is 6.68. The predicted molar refractivity (Wildman–Crippen MR) is 81.7 cm³/mol. The van der Waals surface area contributed by atoms with Crippen LogP contribution in [0.5, 0.6) is 0 Å². The van der Waals surface area contributed by atoms with Gasteiger partial charge in [0.05, 0.1) is 12.2 Å². The minimum Gasteiger partial charge on any atom is -0.343 e. The molecule has 0 heterocycles. The van der Waals surface area contributed by atoms with Gasteiger partial charge in [-0.1, -0.05) is 18.2 Å². The van der Waals surface area contributed by atoms with Gasteiger partial charge in [0.1, 0.15) is 5.82 Å². The quantitative estimate of drug-likeness (QED) is 0.827. The molecule has 0 unspecified atom stereocenters. The van der Waals surface area contributed by atoms with Crippen molar-refractivity contribution >= 4 is 17.5 Å². The van der Waals surface area contributed by atoms with Crippen molar-refractivity contribution in [1.29, 1.82) is 0 Å². The molecule has 0 saturated heterocycles. The Kier molecular flexibility index (Phi) is 5.08. The zero-order valence-electron chi connectivity index (χ0n) is 12.0. The summed E-state index contributed by atoms with van der Waals surface area (Å²) in [5.41, 5.74) is 3.75. The fourth-order valence-corrected chi connectivity index (χ4v) is 1.81. The van der Waals surface area contributed by atoms with Crippen molar-refractivity contribution in [2.24, 2.45) is 0 Å². The zero-order chi connectivity index (χ0) is 15.9. The summed E-state index contributed by atoms with van der Waals surface area (Å²) in [4.78, 5) is 23.6. The lowest BCUT2D eigenvalue weighted by Crippen LogP contribution is -2.45. The van der Waals surface area contributed by atoms with Gasteiger partial charge in [-0.3, -0.25) is 20.0 Å². The Balaban J connectivity index is 1.82. The van der Waals surface area contributed by atoms with E-state index < -0.39 is 11.7 Å². The summed E-state index contributed by atoms with van der Waals surface area (Å²) in [6.07, 6.45) is 0. The van der Waals surface area contributed by atoms with Gasteiger partial charge in [0.15, 0.2) is 0 Å². The van der Waals surface area contributed by atoms with Crippen LogP contribution in [0, 0.1) is 5.82 Å². The van der Waals surface area contributed by atoms with Crippen LogP contribution in [0.15, 0.2) is 54.6 Å². The number of anilines is 1. The van der Waals surface area contributed by atoms with E-state index in [2.05, 4.69) is 10.7 Å². The molecule has 0 saturated carbocycles. The fourth-order valence-electron chi connectivity index (χ4n) is 1.81. The van der Waals surface area contributed by atoms with E-state index in [1.54, 1.807) is 12.1 Å². The van der Waals surface area contributed by atoms with Crippen LogP contribution in [0.2, 0.25) is 0 Å². The minimum absolute atomic E-state index is 0.173. The number of carbonyl (C=O) groups is 2. The van der Waals surface area contributed by atoms with Crippen molar-refractivity contribution in [2.75, 3.05) is 18.6 Å². The Labute approximate surface area is 127 Å². The lowest BCUT2D eigenvalue weighted by Gasteiger charge is -2.20. The second-order valence-electron chi connectivity index (χ2n) is 4.62. The number of para-hydroxylation sites is 1. The average molecular weight is 301 g/mol. The molecule has 0 aromatic heterocycles. The predicted octanol–water partition coefficient (Wildman–Crippen LogP) is 1.72. The van der Waals surface area contributed by atoms with Crippen LogP contribution in [0.1, 0.15) is 10.4 Å². The molecule has 0 atom stereocenters. The van der Waals surface area contributed by atoms with Crippen molar-refractivity contribution in [1.82, 2.24) is 10.7 Å². The summed E-state index contributed by atoms with van der Waals surface area (Å²) >= 11 is 0. The molecule has 0 bridgehead atoms. The number of hydrazine groups is 1. The molecule has 0 aliphatic rings. The minimum atomic E-state index is -0.433. The standard InChI is InChI=1S/C16H16FN3O2/c1-20(14-5-3-2-4-6-14)19-15(21)11-18-16(22)12-7-9-13(17)10-8-12/h2-10H,11H2,1H3,(H,18,22)(H,19,21). The van der Waals surface area contributed by atoms with Gasteiger partial charge in [-0.05, 0) is 36.4 Å². The molecule has 2 aromatic rings. The van der Waals surface area contributed by atoms with E-state index in [0.29, 0.717) is 5.56 Å². The topological polar surface area (TPSA) is 61.4 Å². The van der Waals surface area contributed by atoms with Crippen molar-refractivity contribution in [3.63, 3.8) is 0 Å². The molecular formula is C16H16FN3O2. The van der Waals surface area contributed by atoms with Crippen LogP contribution in [-0.2, 0) is 4.79 Å². The Morgan fingerprint density at radius 2 is 1.68 bits per heavy atom. The SMILES string of the molecule is CN(NC(=O)CNC(=O)c1ccc(F)cc1)c1ccccc1. The fraction of sp³-hybridized carbons (Fsp3) is 0.125. The van der Waals surface area contributed by atoms with E-state index in [1.807, 2.05) is 30.3 Å². The maximum atomic E-state index is 12.8. The zero-order valence-corrected chi connectivity index (χ0v) is 12.0. The number of benzene rings is 2. The van der Waals surface area contributed by atoms with Gasteiger partial charge >= 0.3 is 0 Å². The third-order valence-corrected chi connectivity index (χ3v) is 2.95. The average Bonchev–Trinajstić information content (AvgIpc) is 2.54. The third-order valence-electron chi connectivity index (χ3n) is 2.95. The summed E-state index contributed by atoms with van der Waals surface area (Å²) in [6, 6.07) is 14.4. The molecule has 2 N–H and O–H groups in total. The highest BCUT2D eigenvalue weighted by atomic mass is 19.1. The van der Waals surface area contributed by atoms with Crippen molar-refractivity contribution in [3.05, 3.63) is 66.0 Å². The van der Waals surface area contributed by atoms with Gasteiger partial charge < -0.3 is 5.32 Å². The van der Waals surface area contributed by atoms with Crippen LogP contribution in [0.4, 0.5) is 10.1 Å². The van der Waals surface area contributed by atoms with Gasteiger partial charge in [-0.2, -0.15) is 0 Å². The first kappa shape index (κ1) is 15.5. The summed E-state index contributed by atoms with van der Waals surface area (Å²) in [5.74, 6) is -1.21. The maximum Gasteiger partial charge on any atom is 0.257 e. The van der Waals surface area contributed by atoms with Crippen LogP contribution < -0.4 is 15.8 Å². The molecule has 5 nitrogen and oxygen atoms in total. The number of hydrogen-bond acceptors (Lipinski definition) is 3. The van der Waals surface area contributed by atoms with Crippen LogP contribution in [0.25, 0.3) is 0 Å². The molecule has 0 aliphatic carbocycles. The van der Waals surface area contributed by atoms with Crippen molar-refractivity contribution in [3.8, 4) is 0 Å². The van der Waals surface area contributed by atoms with Crippen molar-refractivity contribution < 1.29 is 14.0 Å². The molecule has 0 radical (unpaired) electrons. The van der Waals surface area contributed by atoms with E-state index in [-0.39, 0.29) is 12.5 Å². The monoisotopic (exact) mass is 301 g/mol. The molecule has 2 rings (SSSR count). The van der Waals surface area contributed by atoms with Crippen LogP contribution >= 0.6 is 0 Å². The summed E-state index contributed by atoms with van der Waals surface area (Å²) in [5, 5.41) is 4.04. The molecule has 22 heavy (non-hydrogen) atoms. The highest BCUT2D eigenvalue weighted by Crippen LogP contribution is 2.08. The Morgan fingerprint density at radius 3 is 2.32 bits per heavy atom. The molecule has 2 amide bonds. The molecule has 6 heteroatoms. The lowest BCUT2D eigenvalue weighted by molar-refractivity contribution is -0.120. The summed E-state index contributed by atoms with van der Waals surface area (Å²) < 4.78 is 12.8. The largest absolute Gasteiger partial charge is 0.343 e. The van der Waals surface area contributed by atoms with Crippen molar-refractivity contribution in [2.45, 2.75) is 0 Å². The Hall–Kier alpha value is -2.89. The summed E-state index contributed by atoms with van der Waals surface area (Å²) in [6.45, 7) is -0.173. The molecule has 0 fully saturated rings. The third kappa shape index (κ3) is 4.31. The van der Waals surface area contributed by atoms with Crippen LogP contribution in [0.3, 0.4) is 0 Å². The molecule has 0 aliphatic heterocycles. The second-order valence-corrected chi connectivity index (χ2v) is 4.62. The van der Waals surface area contributed by atoms with E-state index in [9.17, 15) is 14.0 Å². The highest BCUT2D eigenvalue weighted by molar-refractivity contribution is 5.96. The van der Waals surface area contributed by atoms with E-state index in [0.717, 1.165) is 5.69 Å². The molecular weight excluding hydrogens is 285 g/mol. The number of nitrogens with one attached hydrogen (secondary N) is 2. The van der Waals surface area contributed by atoms with Gasteiger partial charge in [-0.25, -0.2) is 4.39 Å². The van der Waals surface area contributed by atoms with Gasteiger partial charge in [0.2, 0.25) is 0 Å². The first-order chi connectivity index (χ1) is 10.6. The Morgan fingerprint density at radius 1 is 1.05 bits per heavy atom. The van der Waals surface area contributed by atoms with E-state index >= 15 is 0 Å². The van der Waals surface area contributed by atoms with Gasteiger partial charge in [0.25, 0.3) is 11.8 Å². The molecule has 0 spiro atoms. The number of rotatable bonds is 5. The number of carbonyl (C=O) groups excluding carboxylic acids is 2. The first-order valence-corrected chi connectivity index (χ1v) is 6.68. The number of halogens is 1. The lowest BCUT2D eigenvalue weighted by atomic mass is 10.2. The normalized spacial score (nSPS) is 9.91. The van der Waals surface area contributed by atoms with Crippen LogP contribution in [-0.4, -0.2) is 25.4 Å². The molecule has 2 aromatic carbocycles.